The number of nitrogens with zero attached hydrogens (tertiary/aromatic N) is 1. The van der Waals surface area contributed by atoms with Crippen LogP contribution in [-0.4, -0.2) is 37.6 Å². The Kier molecular flexibility index (Phi) is 4.53. The third kappa shape index (κ3) is 3.95. The summed E-state index contributed by atoms with van der Waals surface area (Å²) >= 11 is 0. The minimum absolute atomic E-state index is 0.132. The Labute approximate surface area is 126 Å². The van der Waals surface area contributed by atoms with Gasteiger partial charge >= 0.3 is 6.09 Å². The van der Waals surface area contributed by atoms with E-state index in [4.69, 9.17) is 15.8 Å². The fourth-order valence-corrected chi connectivity index (χ4v) is 3.31. The lowest BCUT2D eigenvalue weighted by atomic mass is 10.0. The molecule has 5 nitrogen and oxygen atoms in total. The molecule has 1 N–H and O–H groups in total. The van der Waals surface area contributed by atoms with Crippen LogP contribution in [0, 0.1) is 5.82 Å². The average Bonchev–Trinajstić information content (AvgIpc) is 2.37. The molecule has 114 valence electrons. The van der Waals surface area contributed by atoms with E-state index in [1.54, 1.807) is 0 Å². The molecule has 0 unspecified atom stereocenters. The van der Waals surface area contributed by atoms with Crippen molar-refractivity contribution in [2.24, 2.45) is 0 Å². The third-order valence-corrected chi connectivity index (χ3v) is 4.58. The lowest BCUT2D eigenvalue weighted by Gasteiger charge is -2.26. The first-order chi connectivity index (χ1) is 9.77. The SMILES string of the molecule is O=C(O)N1CCC/C(=C\c2cc(F)ccc2S(=O)(=O)Cl)C1. The molecule has 1 heterocycles. The average molecular weight is 334 g/mol. The molecule has 21 heavy (non-hydrogen) atoms. The number of piperidine rings is 1. The van der Waals surface area contributed by atoms with Crippen LogP contribution in [0.2, 0.25) is 0 Å². The molecule has 1 amide bonds. The molecule has 8 heteroatoms. The third-order valence-electron chi connectivity index (χ3n) is 3.18. The van der Waals surface area contributed by atoms with Crippen LogP contribution < -0.4 is 0 Å². The summed E-state index contributed by atoms with van der Waals surface area (Å²) in [5, 5.41) is 8.97. The van der Waals surface area contributed by atoms with Crippen LogP contribution in [0.5, 0.6) is 0 Å². The van der Waals surface area contributed by atoms with Crippen molar-refractivity contribution in [2.45, 2.75) is 17.7 Å². The summed E-state index contributed by atoms with van der Waals surface area (Å²) < 4.78 is 36.3. The molecule has 0 atom stereocenters. The smallest absolute Gasteiger partial charge is 0.407 e. The van der Waals surface area contributed by atoms with Crippen LogP contribution in [-0.2, 0) is 9.05 Å². The minimum Gasteiger partial charge on any atom is -0.465 e. The van der Waals surface area contributed by atoms with Gasteiger partial charge in [-0.25, -0.2) is 17.6 Å². The van der Waals surface area contributed by atoms with Crippen LogP contribution in [0.3, 0.4) is 0 Å². The summed E-state index contributed by atoms with van der Waals surface area (Å²) in [6.45, 7) is 0.601. The Balaban J connectivity index is 2.40. The zero-order chi connectivity index (χ0) is 15.6. The number of rotatable bonds is 2. The van der Waals surface area contributed by atoms with Gasteiger partial charge in [0.15, 0.2) is 0 Å². The normalized spacial score (nSPS) is 18.0. The van der Waals surface area contributed by atoms with Gasteiger partial charge in [-0.15, -0.1) is 0 Å². The molecule has 0 spiro atoms. The maximum Gasteiger partial charge on any atom is 0.407 e. The summed E-state index contributed by atoms with van der Waals surface area (Å²) in [5.74, 6) is -0.586. The van der Waals surface area contributed by atoms with Crippen LogP contribution in [0.15, 0.2) is 28.7 Å². The Morgan fingerprint density at radius 1 is 1.43 bits per heavy atom. The summed E-state index contributed by atoms with van der Waals surface area (Å²) in [5.41, 5.74) is 0.850. The molecule has 1 saturated heterocycles. The van der Waals surface area contributed by atoms with E-state index in [0.717, 1.165) is 23.8 Å². The van der Waals surface area contributed by atoms with Crippen molar-refractivity contribution in [3.63, 3.8) is 0 Å². The monoisotopic (exact) mass is 333 g/mol. The van der Waals surface area contributed by atoms with Crippen LogP contribution >= 0.6 is 10.7 Å². The maximum absolute atomic E-state index is 13.3. The van der Waals surface area contributed by atoms with E-state index in [1.165, 1.54) is 11.0 Å². The van der Waals surface area contributed by atoms with Gasteiger partial charge in [-0.05, 0) is 36.6 Å². The number of benzene rings is 1. The summed E-state index contributed by atoms with van der Waals surface area (Å²) in [6.07, 6.45) is 1.72. The van der Waals surface area contributed by atoms with E-state index < -0.39 is 21.0 Å². The molecule has 1 aromatic carbocycles. The molecule has 1 aromatic rings. The molecule has 1 aliphatic heterocycles. The summed E-state index contributed by atoms with van der Waals surface area (Å²) in [4.78, 5) is 12.0. The van der Waals surface area contributed by atoms with Gasteiger partial charge in [0.05, 0.1) is 4.90 Å². The molecule has 1 fully saturated rings. The summed E-state index contributed by atoms with van der Waals surface area (Å²) in [6, 6.07) is 3.19. The second kappa shape index (κ2) is 6.03. The van der Waals surface area contributed by atoms with Gasteiger partial charge in [0.1, 0.15) is 5.82 Å². The Morgan fingerprint density at radius 2 is 2.14 bits per heavy atom. The van der Waals surface area contributed by atoms with E-state index in [0.29, 0.717) is 19.4 Å². The number of carboxylic acid groups (broad SMARTS) is 1. The van der Waals surface area contributed by atoms with Gasteiger partial charge in [0.25, 0.3) is 9.05 Å². The molecule has 0 aliphatic carbocycles. The van der Waals surface area contributed by atoms with Crippen molar-refractivity contribution in [3.8, 4) is 0 Å². The molecule has 2 rings (SSSR count). The predicted octanol–water partition coefficient (Wildman–Crippen LogP) is 2.91. The second-order valence-corrected chi connectivity index (χ2v) is 7.26. The van der Waals surface area contributed by atoms with Gasteiger partial charge < -0.3 is 10.0 Å². The minimum atomic E-state index is -4.00. The standard InChI is InChI=1S/C13H13ClFNO4S/c14-21(19,20)12-4-3-11(15)7-10(12)6-9-2-1-5-16(8-9)13(17)18/h3-4,6-7H,1-2,5,8H2,(H,17,18)/b9-6+. The Hall–Kier alpha value is -1.60. The van der Waals surface area contributed by atoms with Gasteiger partial charge in [0.2, 0.25) is 0 Å². The lowest BCUT2D eigenvalue weighted by Crippen LogP contribution is -2.35. The number of amides is 1. The first-order valence-electron chi connectivity index (χ1n) is 6.19. The molecule has 0 saturated carbocycles. The van der Waals surface area contributed by atoms with Crippen LogP contribution in [0.25, 0.3) is 6.08 Å². The van der Waals surface area contributed by atoms with E-state index in [9.17, 15) is 17.6 Å². The van der Waals surface area contributed by atoms with Crippen molar-refractivity contribution in [1.29, 1.82) is 0 Å². The largest absolute Gasteiger partial charge is 0.465 e. The molecular formula is C13H13ClFNO4S. The molecule has 0 bridgehead atoms. The quantitative estimate of drug-likeness (QED) is 0.844. The zero-order valence-electron chi connectivity index (χ0n) is 10.9. The van der Waals surface area contributed by atoms with E-state index in [2.05, 4.69) is 0 Å². The van der Waals surface area contributed by atoms with E-state index in [1.807, 2.05) is 0 Å². The molecular weight excluding hydrogens is 321 g/mol. The number of hydrogen-bond acceptors (Lipinski definition) is 3. The number of halogens is 2. The number of likely N-dealkylation sites (tertiary alicyclic amines) is 1. The van der Waals surface area contributed by atoms with Gasteiger partial charge in [-0.3, -0.25) is 0 Å². The topological polar surface area (TPSA) is 74.7 Å². The van der Waals surface area contributed by atoms with Crippen LogP contribution in [0.1, 0.15) is 18.4 Å². The highest BCUT2D eigenvalue weighted by atomic mass is 35.7. The first kappa shape index (κ1) is 15.8. The second-order valence-electron chi connectivity index (χ2n) is 4.73. The lowest BCUT2D eigenvalue weighted by molar-refractivity contribution is 0.144. The van der Waals surface area contributed by atoms with Gasteiger partial charge in [-0.1, -0.05) is 11.6 Å². The highest BCUT2D eigenvalue weighted by Crippen LogP contribution is 2.26. The highest BCUT2D eigenvalue weighted by molar-refractivity contribution is 8.13. The summed E-state index contributed by atoms with van der Waals surface area (Å²) in [7, 11) is 1.33. The predicted molar refractivity (Wildman–Crippen MR) is 76.2 cm³/mol. The van der Waals surface area contributed by atoms with Crippen molar-refractivity contribution in [3.05, 3.63) is 35.2 Å². The Bertz CT molecular complexity index is 702. The first-order valence-corrected chi connectivity index (χ1v) is 8.50. The van der Waals surface area contributed by atoms with Gasteiger partial charge in [-0.2, -0.15) is 0 Å². The van der Waals surface area contributed by atoms with Crippen LogP contribution in [0.4, 0.5) is 9.18 Å². The molecule has 1 aliphatic rings. The highest BCUT2D eigenvalue weighted by Gasteiger charge is 2.20. The van der Waals surface area contributed by atoms with E-state index >= 15 is 0 Å². The van der Waals surface area contributed by atoms with Gasteiger partial charge in [0, 0.05) is 23.8 Å². The van der Waals surface area contributed by atoms with Crippen molar-refractivity contribution in [2.75, 3.05) is 13.1 Å². The number of carbonyl (C=O) groups is 1. The maximum atomic E-state index is 13.3. The Morgan fingerprint density at radius 3 is 2.76 bits per heavy atom. The van der Waals surface area contributed by atoms with E-state index in [-0.39, 0.29) is 17.0 Å². The zero-order valence-corrected chi connectivity index (χ0v) is 12.5. The van der Waals surface area contributed by atoms with Crippen molar-refractivity contribution >= 4 is 31.9 Å². The molecule has 0 aromatic heterocycles. The van der Waals surface area contributed by atoms with Crippen molar-refractivity contribution < 1.29 is 22.7 Å². The fourth-order valence-electron chi connectivity index (χ4n) is 2.26. The van der Waals surface area contributed by atoms with Crippen molar-refractivity contribution in [1.82, 2.24) is 4.90 Å². The number of hydrogen-bond donors (Lipinski definition) is 1. The fraction of sp³-hybridized carbons (Fsp3) is 0.308. The molecule has 0 radical (unpaired) electrons.